The molecule has 106 valence electrons. The SMILES string of the molecule is CCC(C)n1cc2c(cc1=O)C(=O)c1ccccc1C2=O. The molecule has 4 nitrogen and oxygen atoms in total. The number of ketones is 2. The zero-order valence-electron chi connectivity index (χ0n) is 11.9. The molecule has 0 amide bonds. The number of hydrogen-bond acceptors (Lipinski definition) is 3. The minimum absolute atomic E-state index is 0.0112. The Balaban J connectivity index is 2.26. The lowest BCUT2D eigenvalue weighted by Crippen LogP contribution is -2.29. The minimum atomic E-state index is -0.256. The number of aromatic nitrogens is 1. The van der Waals surface area contributed by atoms with Crippen molar-refractivity contribution in [2.45, 2.75) is 26.3 Å². The molecule has 3 rings (SSSR count). The van der Waals surface area contributed by atoms with Crippen LogP contribution >= 0.6 is 0 Å². The van der Waals surface area contributed by atoms with Crippen LogP contribution in [0.3, 0.4) is 0 Å². The van der Waals surface area contributed by atoms with E-state index in [1.54, 1.807) is 24.3 Å². The van der Waals surface area contributed by atoms with Gasteiger partial charge < -0.3 is 4.57 Å². The van der Waals surface area contributed by atoms with Gasteiger partial charge in [0.05, 0.1) is 5.56 Å². The van der Waals surface area contributed by atoms with Crippen LogP contribution in [0.2, 0.25) is 0 Å². The summed E-state index contributed by atoms with van der Waals surface area (Å²) in [5.74, 6) is -0.453. The third-order valence-corrected chi connectivity index (χ3v) is 4.05. The van der Waals surface area contributed by atoms with Crippen molar-refractivity contribution < 1.29 is 9.59 Å². The van der Waals surface area contributed by atoms with Gasteiger partial charge in [0.15, 0.2) is 11.6 Å². The zero-order valence-corrected chi connectivity index (χ0v) is 11.9. The number of rotatable bonds is 2. The molecule has 0 bridgehead atoms. The van der Waals surface area contributed by atoms with Crippen molar-refractivity contribution in [3.05, 3.63) is 69.1 Å². The van der Waals surface area contributed by atoms with Crippen molar-refractivity contribution in [2.24, 2.45) is 0 Å². The largest absolute Gasteiger partial charge is 0.312 e. The van der Waals surface area contributed by atoms with Crippen molar-refractivity contribution in [1.82, 2.24) is 4.57 Å². The maximum atomic E-state index is 12.6. The molecule has 0 saturated heterocycles. The molecule has 1 unspecified atom stereocenters. The lowest BCUT2D eigenvalue weighted by Gasteiger charge is -2.20. The summed E-state index contributed by atoms with van der Waals surface area (Å²) in [5.41, 5.74) is 1.06. The van der Waals surface area contributed by atoms with Crippen molar-refractivity contribution >= 4 is 11.6 Å². The van der Waals surface area contributed by atoms with Gasteiger partial charge >= 0.3 is 0 Å². The monoisotopic (exact) mass is 281 g/mol. The van der Waals surface area contributed by atoms with E-state index in [0.29, 0.717) is 16.7 Å². The van der Waals surface area contributed by atoms with E-state index >= 15 is 0 Å². The molecule has 21 heavy (non-hydrogen) atoms. The Morgan fingerprint density at radius 3 is 2.10 bits per heavy atom. The molecular formula is C17H15NO3. The molecule has 1 atom stereocenters. The van der Waals surface area contributed by atoms with Gasteiger partial charge in [0.2, 0.25) is 0 Å². The second kappa shape index (κ2) is 4.81. The number of carbonyl (C=O) groups excluding carboxylic acids is 2. The third kappa shape index (κ3) is 1.95. The molecule has 0 fully saturated rings. The highest BCUT2D eigenvalue weighted by Gasteiger charge is 2.30. The third-order valence-electron chi connectivity index (χ3n) is 4.05. The summed E-state index contributed by atoms with van der Waals surface area (Å²) in [6.07, 6.45) is 2.30. The molecule has 0 spiro atoms. The maximum absolute atomic E-state index is 12.6. The lowest BCUT2D eigenvalue weighted by molar-refractivity contribution is 0.0978. The van der Waals surface area contributed by atoms with Crippen molar-refractivity contribution in [2.75, 3.05) is 0 Å². The number of nitrogens with zero attached hydrogens (tertiary/aromatic N) is 1. The normalized spacial score (nSPS) is 14.6. The summed E-state index contributed by atoms with van der Waals surface area (Å²) in [6, 6.07) is 8.01. The fraction of sp³-hybridized carbons (Fsp3) is 0.235. The second-order valence-corrected chi connectivity index (χ2v) is 5.31. The first kappa shape index (κ1) is 13.5. The van der Waals surface area contributed by atoms with Crippen LogP contribution in [0.25, 0.3) is 0 Å². The Morgan fingerprint density at radius 1 is 0.952 bits per heavy atom. The van der Waals surface area contributed by atoms with Gasteiger partial charge in [0.1, 0.15) is 0 Å². The first-order chi connectivity index (χ1) is 10.0. The van der Waals surface area contributed by atoms with Gasteiger partial charge in [-0.3, -0.25) is 14.4 Å². The van der Waals surface area contributed by atoms with E-state index < -0.39 is 0 Å². The Hall–Kier alpha value is -2.49. The summed E-state index contributed by atoms with van der Waals surface area (Å²) in [5, 5.41) is 0. The fourth-order valence-corrected chi connectivity index (χ4v) is 2.63. The van der Waals surface area contributed by atoms with Crippen LogP contribution < -0.4 is 5.56 Å². The van der Waals surface area contributed by atoms with E-state index in [0.717, 1.165) is 6.42 Å². The van der Waals surface area contributed by atoms with Gasteiger partial charge in [-0.25, -0.2) is 0 Å². The average Bonchev–Trinajstić information content (AvgIpc) is 2.51. The van der Waals surface area contributed by atoms with Crippen LogP contribution in [0, 0.1) is 0 Å². The highest BCUT2D eigenvalue weighted by Crippen LogP contribution is 2.26. The molecule has 1 heterocycles. The van der Waals surface area contributed by atoms with Crippen LogP contribution in [0.4, 0.5) is 0 Å². The molecule has 1 aliphatic carbocycles. The van der Waals surface area contributed by atoms with Crippen molar-refractivity contribution in [1.29, 1.82) is 0 Å². The number of fused-ring (bicyclic) bond motifs is 2. The minimum Gasteiger partial charge on any atom is -0.312 e. The standard InChI is InChI=1S/C17H15NO3/c1-3-10(2)18-9-14-13(8-15(18)19)16(20)11-6-4-5-7-12(11)17(14)21/h4-10H,3H2,1-2H3. The molecule has 1 aromatic heterocycles. The number of hydrogen-bond donors (Lipinski definition) is 0. The van der Waals surface area contributed by atoms with Gasteiger partial charge in [-0.1, -0.05) is 31.2 Å². The maximum Gasteiger partial charge on any atom is 0.251 e. The highest BCUT2D eigenvalue weighted by molar-refractivity contribution is 6.28. The molecule has 4 heteroatoms. The van der Waals surface area contributed by atoms with Crippen LogP contribution in [0.15, 0.2) is 41.3 Å². The summed E-state index contributed by atoms with van der Waals surface area (Å²) < 4.78 is 1.53. The molecule has 1 aromatic carbocycles. The lowest BCUT2D eigenvalue weighted by atomic mass is 9.85. The Morgan fingerprint density at radius 2 is 1.52 bits per heavy atom. The molecule has 1 aliphatic rings. The number of benzene rings is 1. The predicted octanol–water partition coefficient (Wildman–Crippen LogP) is 2.59. The molecule has 0 N–H and O–H groups in total. The van der Waals surface area contributed by atoms with Gasteiger partial charge in [0.25, 0.3) is 5.56 Å². The van der Waals surface area contributed by atoms with Crippen LogP contribution in [-0.2, 0) is 0 Å². The van der Waals surface area contributed by atoms with Crippen molar-refractivity contribution in [3.63, 3.8) is 0 Å². The number of pyridine rings is 1. The van der Waals surface area contributed by atoms with E-state index in [9.17, 15) is 14.4 Å². The number of carbonyl (C=O) groups is 2. The van der Waals surface area contributed by atoms with Gasteiger partial charge in [-0.15, -0.1) is 0 Å². The zero-order chi connectivity index (χ0) is 15.1. The average molecular weight is 281 g/mol. The predicted molar refractivity (Wildman–Crippen MR) is 79.0 cm³/mol. The summed E-state index contributed by atoms with van der Waals surface area (Å²) in [4.78, 5) is 37.2. The molecular weight excluding hydrogens is 266 g/mol. The van der Waals surface area contributed by atoms with Gasteiger partial charge in [-0.05, 0) is 13.3 Å². The molecule has 0 saturated carbocycles. The fourth-order valence-electron chi connectivity index (χ4n) is 2.63. The molecule has 0 radical (unpaired) electrons. The van der Waals surface area contributed by atoms with Gasteiger partial charge in [-0.2, -0.15) is 0 Å². The van der Waals surface area contributed by atoms with E-state index in [1.165, 1.54) is 16.8 Å². The second-order valence-electron chi connectivity index (χ2n) is 5.31. The smallest absolute Gasteiger partial charge is 0.251 e. The highest BCUT2D eigenvalue weighted by atomic mass is 16.1. The first-order valence-corrected chi connectivity index (χ1v) is 6.99. The van der Waals surface area contributed by atoms with E-state index in [2.05, 4.69) is 0 Å². The van der Waals surface area contributed by atoms with E-state index in [4.69, 9.17) is 0 Å². The van der Waals surface area contributed by atoms with Crippen LogP contribution in [0.1, 0.15) is 58.2 Å². The van der Waals surface area contributed by atoms with E-state index in [1.807, 2.05) is 13.8 Å². The summed E-state index contributed by atoms with van der Waals surface area (Å²) >= 11 is 0. The molecule has 2 aromatic rings. The Labute approximate surface area is 122 Å². The molecule has 0 aliphatic heterocycles. The summed E-state index contributed by atoms with van der Waals surface area (Å²) in [7, 11) is 0. The Kier molecular flexibility index (Phi) is 3.09. The first-order valence-electron chi connectivity index (χ1n) is 6.99. The van der Waals surface area contributed by atoms with Crippen LogP contribution in [-0.4, -0.2) is 16.1 Å². The van der Waals surface area contributed by atoms with Crippen molar-refractivity contribution in [3.8, 4) is 0 Å². The summed E-state index contributed by atoms with van der Waals surface area (Å²) in [6.45, 7) is 3.88. The van der Waals surface area contributed by atoms with E-state index in [-0.39, 0.29) is 28.7 Å². The van der Waals surface area contributed by atoms with Crippen LogP contribution in [0.5, 0.6) is 0 Å². The van der Waals surface area contributed by atoms with Gasteiger partial charge in [0, 0.05) is 35.0 Å². The quantitative estimate of drug-likeness (QED) is 0.725. The Bertz CT molecular complexity index is 817. The topological polar surface area (TPSA) is 56.1 Å².